The van der Waals surface area contributed by atoms with E-state index < -0.39 is 0 Å². The Balaban J connectivity index is 2.15. The third kappa shape index (κ3) is 14.0. The van der Waals surface area contributed by atoms with Crippen LogP contribution in [0.4, 0.5) is 0 Å². The van der Waals surface area contributed by atoms with Crippen molar-refractivity contribution in [3.8, 4) is 5.75 Å². The van der Waals surface area contributed by atoms with Crippen LogP contribution in [-0.2, 0) is 34.2 Å². The average Bonchev–Trinajstić information content (AvgIpc) is 2.88. The maximum absolute atomic E-state index is 12.4. The fraction of sp³-hybridized carbons (Fsp3) is 0.800. The van der Waals surface area contributed by atoms with Gasteiger partial charge in [0.05, 0.1) is 6.61 Å². The normalized spacial score (nSPS) is 11.7. The predicted molar refractivity (Wildman–Crippen MR) is 164 cm³/mol. The Kier molecular flexibility index (Phi) is 18.5. The number of rotatable bonds is 22. The van der Waals surface area contributed by atoms with Crippen LogP contribution in [0.25, 0.3) is 0 Å². The number of carbonyl (C=O) groups excluding carboxylic acids is 1. The van der Waals surface area contributed by atoms with Crippen LogP contribution >= 0.6 is 0 Å². The van der Waals surface area contributed by atoms with Crippen LogP contribution in [0.5, 0.6) is 5.75 Å². The predicted octanol–water partition coefficient (Wildman–Crippen LogP) is 10.6. The number of benzene rings is 1. The highest BCUT2D eigenvalue weighted by Crippen LogP contribution is 2.38. The highest BCUT2D eigenvalue weighted by Gasteiger charge is 2.23. The first-order valence-corrected chi connectivity index (χ1v) is 16.3. The van der Waals surface area contributed by atoms with Gasteiger partial charge in [-0.25, -0.2) is 0 Å². The van der Waals surface area contributed by atoms with E-state index >= 15 is 0 Å². The number of hydrogen-bond donors (Lipinski definition) is 1. The van der Waals surface area contributed by atoms with Crippen LogP contribution in [0.2, 0.25) is 0 Å². The van der Waals surface area contributed by atoms with E-state index in [9.17, 15) is 9.90 Å². The first-order chi connectivity index (χ1) is 18.3. The van der Waals surface area contributed by atoms with Gasteiger partial charge in [-0.05, 0) is 53.4 Å². The fourth-order valence-electron chi connectivity index (χ4n) is 5.59. The molecule has 0 saturated carbocycles. The molecule has 0 heterocycles. The van der Waals surface area contributed by atoms with Crippen molar-refractivity contribution in [3.05, 3.63) is 28.3 Å². The van der Waals surface area contributed by atoms with Gasteiger partial charge in [0.25, 0.3) is 0 Å². The molecule has 1 rings (SSSR count). The molecule has 0 aliphatic rings. The van der Waals surface area contributed by atoms with Gasteiger partial charge in [-0.1, -0.05) is 144 Å². The maximum atomic E-state index is 12.4. The van der Waals surface area contributed by atoms with Crippen molar-refractivity contribution < 1.29 is 14.6 Å². The number of ether oxygens (including phenoxy) is 1. The molecule has 0 spiro atoms. The zero-order valence-electron chi connectivity index (χ0n) is 26.2. The molecule has 1 aromatic carbocycles. The number of hydrogen-bond acceptors (Lipinski definition) is 3. The number of aryl methyl sites for hydroxylation is 1. The highest BCUT2D eigenvalue weighted by atomic mass is 16.5. The molecule has 0 aromatic heterocycles. The van der Waals surface area contributed by atoms with Gasteiger partial charge >= 0.3 is 5.97 Å². The molecule has 0 aliphatic heterocycles. The summed E-state index contributed by atoms with van der Waals surface area (Å²) in [4.78, 5) is 12.4. The van der Waals surface area contributed by atoms with Crippen molar-refractivity contribution in [1.29, 1.82) is 0 Å². The largest absolute Gasteiger partial charge is 0.507 e. The van der Waals surface area contributed by atoms with Crippen molar-refractivity contribution in [2.45, 2.75) is 175 Å². The molecule has 0 amide bonds. The highest BCUT2D eigenvalue weighted by molar-refractivity contribution is 5.70. The second-order valence-electron chi connectivity index (χ2n) is 12.4. The van der Waals surface area contributed by atoms with Crippen molar-refractivity contribution in [2.75, 3.05) is 6.61 Å². The topological polar surface area (TPSA) is 46.5 Å². The molecule has 0 saturated heterocycles. The molecule has 38 heavy (non-hydrogen) atoms. The van der Waals surface area contributed by atoms with Crippen LogP contribution in [-0.4, -0.2) is 17.7 Å². The van der Waals surface area contributed by atoms with Gasteiger partial charge in [-0.15, -0.1) is 0 Å². The third-order valence-corrected chi connectivity index (χ3v) is 7.99. The fourth-order valence-corrected chi connectivity index (χ4v) is 5.59. The molecule has 3 nitrogen and oxygen atoms in total. The summed E-state index contributed by atoms with van der Waals surface area (Å²) < 4.78 is 5.55. The molecule has 1 aromatic rings. The van der Waals surface area contributed by atoms with E-state index in [2.05, 4.69) is 47.6 Å². The van der Waals surface area contributed by atoms with Crippen LogP contribution in [0.1, 0.15) is 173 Å². The van der Waals surface area contributed by atoms with Gasteiger partial charge in [0.15, 0.2) is 0 Å². The van der Waals surface area contributed by atoms with Crippen molar-refractivity contribution in [2.24, 2.45) is 0 Å². The molecule has 0 atom stereocenters. The smallest absolute Gasteiger partial charge is 0.306 e. The van der Waals surface area contributed by atoms with E-state index in [1.165, 1.54) is 101 Å². The monoisotopic (exact) mass is 530 g/mol. The Morgan fingerprint density at radius 3 is 1.58 bits per heavy atom. The number of phenols is 1. The third-order valence-electron chi connectivity index (χ3n) is 7.99. The summed E-state index contributed by atoms with van der Waals surface area (Å²) in [6.45, 7) is 13.4. The second-order valence-corrected chi connectivity index (χ2v) is 12.4. The number of carbonyl (C=O) groups is 1. The average molecular weight is 531 g/mol. The van der Waals surface area contributed by atoms with E-state index in [-0.39, 0.29) is 11.4 Å². The zero-order valence-corrected chi connectivity index (χ0v) is 26.2. The molecule has 0 aliphatic carbocycles. The van der Waals surface area contributed by atoms with Gasteiger partial charge in [-0.3, -0.25) is 4.79 Å². The summed E-state index contributed by atoms with van der Waals surface area (Å²) in [6, 6.07) is 2.12. The van der Waals surface area contributed by atoms with E-state index in [1.807, 2.05) is 0 Å². The van der Waals surface area contributed by atoms with Gasteiger partial charge in [0.1, 0.15) is 5.75 Å². The van der Waals surface area contributed by atoms with Crippen LogP contribution in [0.3, 0.4) is 0 Å². The molecule has 220 valence electrons. The molecule has 0 fully saturated rings. The SMILES string of the molecule is CCCCCCCCCCCCCCCCCCOC(=O)CCc1cc(C(C)(C)C)c(O)c(CC)c1CC. The molecule has 0 unspecified atom stereocenters. The lowest BCUT2D eigenvalue weighted by atomic mass is 9.80. The van der Waals surface area contributed by atoms with Gasteiger partial charge < -0.3 is 9.84 Å². The maximum Gasteiger partial charge on any atom is 0.306 e. The van der Waals surface area contributed by atoms with Crippen LogP contribution in [0, 0.1) is 0 Å². The Morgan fingerprint density at radius 1 is 0.711 bits per heavy atom. The van der Waals surface area contributed by atoms with Gasteiger partial charge in [0.2, 0.25) is 0 Å². The molecular formula is C35H62O3. The van der Waals surface area contributed by atoms with E-state index in [0.29, 0.717) is 25.2 Å². The molecule has 0 radical (unpaired) electrons. The Hall–Kier alpha value is -1.51. The number of esters is 1. The molecule has 0 bridgehead atoms. The van der Waals surface area contributed by atoms with Crippen molar-refractivity contribution >= 4 is 5.97 Å². The van der Waals surface area contributed by atoms with Crippen molar-refractivity contribution in [1.82, 2.24) is 0 Å². The summed E-state index contributed by atoms with van der Waals surface area (Å²) in [5, 5.41) is 10.9. The summed E-state index contributed by atoms with van der Waals surface area (Å²) in [5.41, 5.74) is 4.26. The summed E-state index contributed by atoms with van der Waals surface area (Å²) in [5.74, 6) is 0.336. The van der Waals surface area contributed by atoms with E-state index in [4.69, 9.17) is 4.74 Å². The number of phenolic OH excluding ortho intramolecular Hbond substituents is 1. The summed E-state index contributed by atoms with van der Waals surface area (Å²) in [7, 11) is 0. The Morgan fingerprint density at radius 2 is 1.16 bits per heavy atom. The van der Waals surface area contributed by atoms with Gasteiger partial charge in [0, 0.05) is 6.42 Å². The minimum atomic E-state index is -0.136. The Labute approximate surface area is 236 Å². The lowest BCUT2D eigenvalue weighted by molar-refractivity contribution is -0.143. The zero-order chi connectivity index (χ0) is 28.2. The Bertz CT molecular complexity index is 759. The first kappa shape index (κ1) is 34.5. The van der Waals surface area contributed by atoms with Crippen molar-refractivity contribution in [3.63, 3.8) is 0 Å². The number of unbranched alkanes of at least 4 members (excludes halogenated alkanes) is 15. The quantitative estimate of drug-likeness (QED) is 0.120. The van der Waals surface area contributed by atoms with E-state index in [1.54, 1.807) is 0 Å². The summed E-state index contributed by atoms with van der Waals surface area (Å²) >= 11 is 0. The van der Waals surface area contributed by atoms with Gasteiger partial charge in [-0.2, -0.15) is 0 Å². The second kappa shape index (κ2) is 20.4. The summed E-state index contributed by atoms with van der Waals surface area (Å²) in [6.07, 6.45) is 24.3. The van der Waals surface area contributed by atoms with Crippen LogP contribution in [0.15, 0.2) is 6.07 Å². The minimum absolute atomic E-state index is 0.101. The lowest BCUT2D eigenvalue weighted by Gasteiger charge is -2.25. The molecule has 1 N–H and O–H groups in total. The minimum Gasteiger partial charge on any atom is -0.507 e. The van der Waals surface area contributed by atoms with Crippen LogP contribution < -0.4 is 0 Å². The molecule has 3 heteroatoms. The standard InChI is InChI=1S/C35H62O3/c1-7-10-11-12-13-14-15-16-17-18-19-20-21-22-23-24-27-38-33(36)26-25-29-28-32(35(4,5)6)34(37)31(9-3)30(29)8-2/h28,37H,7-27H2,1-6H3. The number of aromatic hydroxyl groups is 1. The lowest BCUT2D eigenvalue weighted by Crippen LogP contribution is -2.15. The molecular weight excluding hydrogens is 468 g/mol. The first-order valence-electron chi connectivity index (χ1n) is 16.3. The van der Waals surface area contributed by atoms with E-state index in [0.717, 1.165) is 36.8 Å².